The van der Waals surface area contributed by atoms with E-state index in [1.165, 1.54) is 32.4 Å². The molecule has 2 heteroatoms. The molecule has 1 fully saturated rings. The Balaban J connectivity index is 2.55. The van der Waals surface area contributed by atoms with Crippen molar-refractivity contribution in [3.63, 3.8) is 0 Å². The Morgan fingerprint density at radius 1 is 1.28 bits per heavy atom. The zero-order valence-corrected chi connectivity index (χ0v) is 13.4. The third-order valence-corrected chi connectivity index (χ3v) is 4.56. The number of nitrogens with one attached hydrogen (secondary N) is 1. The van der Waals surface area contributed by atoms with E-state index >= 15 is 0 Å². The van der Waals surface area contributed by atoms with E-state index in [4.69, 9.17) is 0 Å². The van der Waals surface area contributed by atoms with Crippen LogP contribution in [0.15, 0.2) is 0 Å². The highest BCUT2D eigenvalue weighted by Gasteiger charge is 2.33. The summed E-state index contributed by atoms with van der Waals surface area (Å²) in [6.45, 7) is 17.7. The smallest absolute Gasteiger partial charge is 0.0119 e. The normalized spacial score (nSPS) is 25.0. The third kappa shape index (κ3) is 4.55. The summed E-state index contributed by atoms with van der Waals surface area (Å²) < 4.78 is 0. The minimum absolute atomic E-state index is 0.418. The van der Waals surface area contributed by atoms with Crippen molar-refractivity contribution in [1.82, 2.24) is 10.2 Å². The van der Waals surface area contributed by atoms with Crippen LogP contribution in [0.3, 0.4) is 0 Å². The maximum atomic E-state index is 3.63. The Morgan fingerprint density at radius 3 is 2.44 bits per heavy atom. The van der Waals surface area contributed by atoms with Crippen LogP contribution in [0.25, 0.3) is 0 Å². The molecule has 0 aliphatic carbocycles. The van der Waals surface area contributed by atoms with Gasteiger partial charge in [0, 0.05) is 25.2 Å². The molecule has 1 aliphatic heterocycles. The highest BCUT2D eigenvalue weighted by molar-refractivity contribution is 4.88. The van der Waals surface area contributed by atoms with Crippen molar-refractivity contribution in [3.05, 3.63) is 0 Å². The van der Waals surface area contributed by atoms with E-state index in [0.29, 0.717) is 11.5 Å². The fraction of sp³-hybridized carbons (Fsp3) is 1.00. The van der Waals surface area contributed by atoms with Crippen LogP contribution < -0.4 is 5.32 Å². The average molecular weight is 254 g/mol. The Morgan fingerprint density at radius 2 is 1.94 bits per heavy atom. The van der Waals surface area contributed by atoms with E-state index in [-0.39, 0.29) is 0 Å². The molecular formula is C16H34N2. The molecule has 1 heterocycles. The van der Waals surface area contributed by atoms with Crippen LogP contribution in [0.4, 0.5) is 0 Å². The zero-order chi connectivity index (χ0) is 13.8. The summed E-state index contributed by atoms with van der Waals surface area (Å²) >= 11 is 0. The molecule has 0 amide bonds. The monoisotopic (exact) mass is 254 g/mol. The number of rotatable bonds is 7. The first-order valence-electron chi connectivity index (χ1n) is 7.85. The van der Waals surface area contributed by atoms with Crippen molar-refractivity contribution >= 4 is 0 Å². The molecule has 1 rings (SSSR count). The maximum Gasteiger partial charge on any atom is 0.0119 e. The molecule has 1 saturated heterocycles. The predicted molar refractivity (Wildman–Crippen MR) is 81.0 cm³/mol. The van der Waals surface area contributed by atoms with Gasteiger partial charge >= 0.3 is 0 Å². The van der Waals surface area contributed by atoms with Gasteiger partial charge in [-0.1, -0.05) is 41.5 Å². The lowest BCUT2D eigenvalue weighted by atomic mass is 9.85. The minimum atomic E-state index is 0.418. The van der Waals surface area contributed by atoms with Crippen LogP contribution in [0.2, 0.25) is 0 Å². The Kier molecular flexibility index (Phi) is 6.13. The first-order valence-corrected chi connectivity index (χ1v) is 7.85. The Hall–Kier alpha value is -0.0800. The molecule has 0 aromatic rings. The molecule has 0 aromatic carbocycles. The van der Waals surface area contributed by atoms with Gasteiger partial charge in [0.1, 0.15) is 0 Å². The van der Waals surface area contributed by atoms with Gasteiger partial charge in [-0.2, -0.15) is 0 Å². The summed E-state index contributed by atoms with van der Waals surface area (Å²) in [6, 6.07) is 1.41. The van der Waals surface area contributed by atoms with Crippen LogP contribution in [-0.2, 0) is 0 Å². The topological polar surface area (TPSA) is 15.3 Å². The molecule has 0 aromatic heterocycles. The van der Waals surface area contributed by atoms with E-state index < -0.39 is 0 Å². The second-order valence-electron chi connectivity index (χ2n) is 7.12. The van der Waals surface area contributed by atoms with Crippen LogP contribution in [0.5, 0.6) is 0 Å². The molecule has 0 spiro atoms. The summed E-state index contributed by atoms with van der Waals surface area (Å²) in [6.07, 6.45) is 4.04. The van der Waals surface area contributed by atoms with Crippen LogP contribution >= 0.6 is 0 Å². The van der Waals surface area contributed by atoms with Crippen molar-refractivity contribution < 1.29 is 0 Å². The minimum Gasteiger partial charge on any atom is -0.314 e. The van der Waals surface area contributed by atoms with Crippen LogP contribution in [0, 0.1) is 11.3 Å². The molecule has 0 saturated carbocycles. The van der Waals surface area contributed by atoms with Crippen molar-refractivity contribution in [1.29, 1.82) is 0 Å². The molecule has 1 N–H and O–H groups in total. The lowest BCUT2D eigenvalue weighted by Crippen LogP contribution is -2.46. The van der Waals surface area contributed by atoms with Gasteiger partial charge in [0.05, 0.1) is 0 Å². The predicted octanol–water partition coefficient (Wildman–Crippen LogP) is 3.52. The maximum absolute atomic E-state index is 3.63. The van der Waals surface area contributed by atoms with Crippen molar-refractivity contribution in [2.45, 2.75) is 72.9 Å². The van der Waals surface area contributed by atoms with E-state index in [0.717, 1.165) is 18.5 Å². The van der Waals surface area contributed by atoms with Gasteiger partial charge in [0.15, 0.2) is 0 Å². The Bertz CT molecular complexity index is 237. The molecule has 2 nitrogen and oxygen atoms in total. The second-order valence-corrected chi connectivity index (χ2v) is 7.12. The third-order valence-electron chi connectivity index (χ3n) is 4.56. The van der Waals surface area contributed by atoms with Gasteiger partial charge in [0.2, 0.25) is 0 Å². The SMILES string of the molecule is CCC(C)(CNC(C)C)CN1CCCC1C(C)C. The molecular weight excluding hydrogens is 220 g/mol. The number of hydrogen-bond donors (Lipinski definition) is 1. The zero-order valence-electron chi connectivity index (χ0n) is 13.4. The van der Waals surface area contributed by atoms with Gasteiger partial charge in [-0.15, -0.1) is 0 Å². The molecule has 108 valence electrons. The van der Waals surface area contributed by atoms with Crippen molar-refractivity contribution in [2.24, 2.45) is 11.3 Å². The van der Waals surface area contributed by atoms with Gasteiger partial charge < -0.3 is 5.32 Å². The second kappa shape index (κ2) is 6.91. The first-order chi connectivity index (χ1) is 8.38. The quantitative estimate of drug-likeness (QED) is 0.748. The number of nitrogens with zero attached hydrogens (tertiary/aromatic N) is 1. The molecule has 18 heavy (non-hydrogen) atoms. The first kappa shape index (κ1) is 16.0. The summed E-state index contributed by atoms with van der Waals surface area (Å²) in [4.78, 5) is 2.75. The fourth-order valence-corrected chi connectivity index (χ4v) is 3.04. The summed E-state index contributed by atoms with van der Waals surface area (Å²) in [7, 11) is 0. The van der Waals surface area contributed by atoms with E-state index in [1.54, 1.807) is 0 Å². The lowest BCUT2D eigenvalue weighted by Gasteiger charge is -2.38. The van der Waals surface area contributed by atoms with Gasteiger partial charge in [-0.05, 0) is 37.1 Å². The Labute approximate surface area is 115 Å². The average Bonchev–Trinajstić information content (AvgIpc) is 2.74. The van der Waals surface area contributed by atoms with E-state index in [1.807, 2.05) is 0 Å². The molecule has 0 bridgehead atoms. The van der Waals surface area contributed by atoms with Crippen molar-refractivity contribution in [3.8, 4) is 0 Å². The molecule has 0 radical (unpaired) electrons. The summed E-state index contributed by atoms with van der Waals surface area (Å²) in [5.74, 6) is 0.798. The number of likely N-dealkylation sites (tertiary alicyclic amines) is 1. The van der Waals surface area contributed by atoms with E-state index in [2.05, 4.69) is 51.8 Å². The number of hydrogen-bond acceptors (Lipinski definition) is 2. The summed E-state index contributed by atoms with van der Waals surface area (Å²) in [5, 5.41) is 3.63. The molecule has 1 aliphatic rings. The fourth-order valence-electron chi connectivity index (χ4n) is 3.04. The van der Waals surface area contributed by atoms with Crippen molar-refractivity contribution in [2.75, 3.05) is 19.6 Å². The highest BCUT2D eigenvalue weighted by atomic mass is 15.2. The molecule has 2 atom stereocenters. The largest absolute Gasteiger partial charge is 0.314 e. The standard InChI is InChI=1S/C16H34N2/c1-7-16(6,11-17-14(4)5)12-18-10-8-9-15(18)13(2)3/h13-15,17H,7-12H2,1-6H3. The highest BCUT2D eigenvalue weighted by Crippen LogP contribution is 2.29. The lowest BCUT2D eigenvalue weighted by molar-refractivity contribution is 0.121. The van der Waals surface area contributed by atoms with Gasteiger partial charge in [0.25, 0.3) is 0 Å². The van der Waals surface area contributed by atoms with Crippen LogP contribution in [-0.4, -0.2) is 36.6 Å². The molecule has 2 unspecified atom stereocenters. The van der Waals surface area contributed by atoms with E-state index in [9.17, 15) is 0 Å². The van der Waals surface area contributed by atoms with Crippen LogP contribution in [0.1, 0.15) is 60.8 Å². The van der Waals surface area contributed by atoms with Gasteiger partial charge in [-0.3, -0.25) is 4.90 Å². The summed E-state index contributed by atoms with van der Waals surface area (Å²) in [5.41, 5.74) is 0.418. The van der Waals surface area contributed by atoms with Gasteiger partial charge in [-0.25, -0.2) is 0 Å².